The molecule has 1 heterocycles. The topological polar surface area (TPSA) is 84.0 Å². The van der Waals surface area contributed by atoms with E-state index >= 15 is 0 Å². The second kappa shape index (κ2) is 6.13. The van der Waals surface area contributed by atoms with Crippen molar-refractivity contribution in [2.75, 3.05) is 13.6 Å². The van der Waals surface area contributed by atoms with Gasteiger partial charge in [0.05, 0.1) is 5.52 Å². The Labute approximate surface area is 122 Å². The van der Waals surface area contributed by atoms with Crippen molar-refractivity contribution in [1.29, 1.82) is 0 Å². The predicted octanol–water partition coefficient (Wildman–Crippen LogP) is 1.14. The van der Waals surface area contributed by atoms with Crippen LogP contribution in [0.3, 0.4) is 0 Å². The molecule has 0 saturated carbocycles. The molecule has 6 heteroatoms. The number of carbonyl (C=O) groups is 2. The molecule has 2 aromatic rings. The number of nitrogens with one attached hydrogen (secondary N) is 2. The van der Waals surface area contributed by atoms with Crippen LogP contribution in [-0.2, 0) is 4.79 Å². The molecule has 0 fully saturated rings. The maximum Gasteiger partial charge on any atom is 0.270 e. The number of rotatable bonds is 4. The first-order valence-corrected chi connectivity index (χ1v) is 6.43. The van der Waals surface area contributed by atoms with E-state index < -0.39 is 0 Å². The second-order valence-corrected chi connectivity index (χ2v) is 4.52. The summed E-state index contributed by atoms with van der Waals surface area (Å²) < 4.78 is 0. The Hall–Kier alpha value is -2.76. The van der Waals surface area contributed by atoms with Gasteiger partial charge in [-0.05, 0) is 5.57 Å². The van der Waals surface area contributed by atoms with Crippen molar-refractivity contribution in [3.63, 3.8) is 0 Å². The number of nitrogens with zero attached hydrogens (tertiary/aromatic N) is 2. The van der Waals surface area contributed by atoms with Gasteiger partial charge in [0.25, 0.3) is 5.91 Å². The molecule has 2 N–H and O–H groups in total. The molecule has 0 aliphatic carbocycles. The van der Waals surface area contributed by atoms with Gasteiger partial charge in [-0.1, -0.05) is 24.8 Å². The van der Waals surface area contributed by atoms with E-state index in [0.29, 0.717) is 23.1 Å². The average Bonchev–Trinajstić information content (AvgIpc) is 2.50. The lowest BCUT2D eigenvalue weighted by molar-refractivity contribution is -0.118. The van der Waals surface area contributed by atoms with Gasteiger partial charge in [-0.2, -0.15) is 0 Å². The summed E-state index contributed by atoms with van der Waals surface area (Å²) in [5.74, 6) is -0.399. The van der Waals surface area contributed by atoms with Gasteiger partial charge < -0.3 is 10.6 Å². The summed E-state index contributed by atoms with van der Waals surface area (Å²) in [6.45, 7) is 5.74. The van der Waals surface area contributed by atoms with Crippen LogP contribution in [0, 0.1) is 0 Å². The van der Waals surface area contributed by atoms with Crippen molar-refractivity contribution in [1.82, 2.24) is 20.6 Å². The molecule has 0 bridgehead atoms. The Morgan fingerprint density at radius 2 is 2.05 bits per heavy atom. The minimum Gasteiger partial charge on any atom is -0.354 e. The average molecular weight is 284 g/mol. The van der Waals surface area contributed by atoms with E-state index in [4.69, 9.17) is 0 Å². The summed E-state index contributed by atoms with van der Waals surface area (Å²) in [7, 11) is 1.55. The minimum atomic E-state index is -0.271. The molecule has 2 amide bonds. The number of benzene rings is 1. The zero-order valence-corrected chi connectivity index (χ0v) is 11.9. The summed E-state index contributed by atoms with van der Waals surface area (Å²) >= 11 is 0. The fraction of sp³-hybridized carbons (Fsp3) is 0.200. The quantitative estimate of drug-likeness (QED) is 0.881. The van der Waals surface area contributed by atoms with E-state index in [0.717, 1.165) is 11.1 Å². The molecule has 0 saturated heterocycles. The molecule has 6 nitrogen and oxygen atoms in total. The number of para-hydroxylation sites is 1. The van der Waals surface area contributed by atoms with E-state index in [1.165, 1.54) is 13.3 Å². The first kappa shape index (κ1) is 14.6. The highest BCUT2D eigenvalue weighted by molar-refractivity contribution is 6.06. The van der Waals surface area contributed by atoms with E-state index in [-0.39, 0.29) is 11.8 Å². The number of hydrogen-bond donors (Lipinski definition) is 2. The first-order valence-electron chi connectivity index (χ1n) is 6.43. The Balaban J connectivity index is 2.49. The fourth-order valence-electron chi connectivity index (χ4n) is 2.00. The largest absolute Gasteiger partial charge is 0.354 e. The standard InChI is InChI=1S/C15H16N4O2/c1-9(7-17-10(2)20)11-5-4-6-12-13(11)18-8-19-14(12)15(21)16-3/h4-6,8H,1,7H2,2-3H3,(H,16,21)(H,17,20). The molecular weight excluding hydrogens is 268 g/mol. The van der Waals surface area contributed by atoms with Crippen LogP contribution in [-0.4, -0.2) is 35.4 Å². The monoisotopic (exact) mass is 284 g/mol. The van der Waals surface area contributed by atoms with Crippen molar-refractivity contribution in [3.05, 3.63) is 42.4 Å². The van der Waals surface area contributed by atoms with Crippen LogP contribution in [0.15, 0.2) is 31.1 Å². The second-order valence-electron chi connectivity index (χ2n) is 4.52. The molecule has 0 aliphatic heterocycles. The van der Waals surface area contributed by atoms with Gasteiger partial charge in [-0.25, -0.2) is 9.97 Å². The molecule has 0 atom stereocenters. The van der Waals surface area contributed by atoms with Crippen molar-refractivity contribution in [2.24, 2.45) is 0 Å². The van der Waals surface area contributed by atoms with Crippen LogP contribution in [0.25, 0.3) is 16.5 Å². The number of carbonyl (C=O) groups excluding carboxylic acids is 2. The predicted molar refractivity (Wildman–Crippen MR) is 80.6 cm³/mol. The van der Waals surface area contributed by atoms with Crippen LogP contribution in [0.5, 0.6) is 0 Å². The van der Waals surface area contributed by atoms with Crippen LogP contribution in [0.4, 0.5) is 0 Å². The summed E-state index contributed by atoms with van der Waals surface area (Å²) in [5.41, 5.74) is 2.46. The molecule has 1 aromatic carbocycles. The van der Waals surface area contributed by atoms with Gasteiger partial charge in [-0.15, -0.1) is 0 Å². The Morgan fingerprint density at radius 1 is 1.29 bits per heavy atom. The van der Waals surface area contributed by atoms with Gasteiger partial charge in [0, 0.05) is 31.5 Å². The zero-order valence-electron chi connectivity index (χ0n) is 11.9. The third-order valence-corrected chi connectivity index (χ3v) is 3.04. The molecule has 0 unspecified atom stereocenters. The van der Waals surface area contributed by atoms with Crippen molar-refractivity contribution in [3.8, 4) is 0 Å². The molecule has 21 heavy (non-hydrogen) atoms. The van der Waals surface area contributed by atoms with Crippen molar-refractivity contribution >= 4 is 28.3 Å². The molecule has 108 valence electrons. The van der Waals surface area contributed by atoms with Crippen LogP contribution < -0.4 is 10.6 Å². The van der Waals surface area contributed by atoms with Gasteiger partial charge in [-0.3, -0.25) is 9.59 Å². The lowest BCUT2D eigenvalue weighted by Crippen LogP contribution is -2.22. The molecule has 0 spiro atoms. The van der Waals surface area contributed by atoms with Crippen LogP contribution >= 0.6 is 0 Å². The number of fused-ring (bicyclic) bond motifs is 1. The fourth-order valence-corrected chi connectivity index (χ4v) is 2.00. The number of hydrogen-bond acceptors (Lipinski definition) is 4. The molecule has 0 aliphatic rings. The highest BCUT2D eigenvalue weighted by Crippen LogP contribution is 2.23. The SMILES string of the molecule is C=C(CNC(C)=O)c1cccc2c(C(=O)NC)ncnc12. The van der Waals surface area contributed by atoms with E-state index in [9.17, 15) is 9.59 Å². The highest BCUT2D eigenvalue weighted by atomic mass is 16.2. The maximum absolute atomic E-state index is 11.8. The Bertz CT molecular complexity index is 725. The zero-order chi connectivity index (χ0) is 15.4. The van der Waals surface area contributed by atoms with Crippen molar-refractivity contribution in [2.45, 2.75) is 6.92 Å². The molecule has 0 radical (unpaired) electrons. The molecular formula is C15H16N4O2. The van der Waals surface area contributed by atoms with Gasteiger partial charge in [0.2, 0.25) is 5.91 Å². The summed E-state index contributed by atoms with van der Waals surface area (Å²) in [4.78, 5) is 31.1. The maximum atomic E-state index is 11.8. The van der Waals surface area contributed by atoms with Gasteiger partial charge in [0.15, 0.2) is 0 Å². The Kier molecular flexibility index (Phi) is 4.27. The lowest BCUT2D eigenvalue weighted by atomic mass is 10.0. The third-order valence-electron chi connectivity index (χ3n) is 3.04. The summed E-state index contributed by atoms with van der Waals surface area (Å²) in [6, 6.07) is 5.45. The van der Waals surface area contributed by atoms with E-state index in [1.54, 1.807) is 13.1 Å². The Morgan fingerprint density at radius 3 is 2.71 bits per heavy atom. The van der Waals surface area contributed by atoms with Crippen LogP contribution in [0.1, 0.15) is 23.0 Å². The number of amides is 2. The number of aromatic nitrogens is 2. The smallest absolute Gasteiger partial charge is 0.270 e. The highest BCUT2D eigenvalue weighted by Gasteiger charge is 2.14. The molecule has 2 rings (SSSR count). The molecule has 1 aromatic heterocycles. The minimum absolute atomic E-state index is 0.128. The summed E-state index contributed by atoms with van der Waals surface area (Å²) in [5, 5.41) is 5.90. The van der Waals surface area contributed by atoms with Crippen LogP contribution in [0.2, 0.25) is 0 Å². The first-order chi connectivity index (χ1) is 10.0. The normalized spacial score (nSPS) is 10.2. The summed E-state index contributed by atoms with van der Waals surface area (Å²) in [6.07, 6.45) is 1.35. The lowest BCUT2D eigenvalue weighted by Gasteiger charge is -2.10. The van der Waals surface area contributed by atoms with E-state index in [2.05, 4.69) is 27.2 Å². The van der Waals surface area contributed by atoms with Crippen molar-refractivity contribution < 1.29 is 9.59 Å². The van der Waals surface area contributed by atoms with E-state index in [1.807, 2.05) is 12.1 Å². The van der Waals surface area contributed by atoms with Gasteiger partial charge in [0.1, 0.15) is 12.0 Å². The van der Waals surface area contributed by atoms with Gasteiger partial charge >= 0.3 is 0 Å². The third kappa shape index (κ3) is 3.05.